The van der Waals surface area contributed by atoms with Crippen LogP contribution in [-0.4, -0.2) is 20.6 Å². The number of anilines is 1. The molecule has 3 aromatic rings. The molecule has 0 saturated heterocycles. The number of nitrogens with zero attached hydrogens (tertiary/aromatic N) is 3. The Kier molecular flexibility index (Phi) is 5.69. The lowest BCUT2D eigenvalue weighted by Crippen LogP contribution is -2.14. The van der Waals surface area contributed by atoms with E-state index in [0.717, 1.165) is 23.0 Å². The zero-order valence-electron chi connectivity index (χ0n) is 14.4. The second kappa shape index (κ2) is 8.06. The molecule has 0 aliphatic heterocycles. The van der Waals surface area contributed by atoms with Crippen LogP contribution >= 0.6 is 11.6 Å². The maximum absolute atomic E-state index is 13.8. The van der Waals surface area contributed by atoms with E-state index in [-0.39, 0.29) is 16.4 Å². The van der Waals surface area contributed by atoms with Crippen LogP contribution in [-0.2, 0) is 6.54 Å². The Hall–Kier alpha value is -3.54. The number of hydrogen-bond acceptors (Lipinski definition) is 4. The van der Waals surface area contributed by atoms with E-state index in [1.54, 1.807) is 0 Å². The number of hydrogen-bond donors (Lipinski definition) is 1. The lowest BCUT2D eigenvalue weighted by molar-refractivity contribution is -0.384. The monoisotopic (exact) mass is 446 g/mol. The number of nitro benzene ring substituents is 1. The third-order valence-corrected chi connectivity index (χ3v) is 4.23. The van der Waals surface area contributed by atoms with E-state index in [9.17, 15) is 36.9 Å². The van der Waals surface area contributed by atoms with Crippen molar-refractivity contribution in [2.75, 3.05) is 5.32 Å². The zero-order valence-corrected chi connectivity index (χ0v) is 15.2. The number of carbonyl (C=O) groups is 1. The summed E-state index contributed by atoms with van der Waals surface area (Å²) >= 11 is 5.67. The van der Waals surface area contributed by atoms with Crippen LogP contribution in [0.3, 0.4) is 0 Å². The number of carbonyl (C=O) groups excluding carboxylic acids is 1. The number of benzene rings is 2. The molecule has 0 atom stereocenters. The number of amides is 1. The number of aromatic nitrogens is 2. The van der Waals surface area contributed by atoms with Crippen molar-refractivity contribution in [3.8, 4) is 0 Å². The van der Waals surface area contributed by atoms with Crippen LogP contribution < -0.4 is 5.32 Å². The van der Waals surface area contributed by atoms with Gasteiger partial charge in [-0.3, -0.25) is 19.6 Å². The molecule has 0 aliphatic carbocycles. The molecule has 0 radical (unpaired) electrons. The van der Waals surface area contributed by atoms with E-state index < -0.39 is 57.7 Å². The zero-order chi connectivity index (χ0) is 22.2. The maximum atomic E-state index is 13.8. The van der Waals surface area contributed by atoms with E-state index in [1.165, 1.54) is 12.1 Å². The van der Waals surface area contributed by atoms with Gasteiger partial charge < -0.3 is 5.32 Å². The van der Waals surface area contributed by atoms with Crippen molar-refractivity contribution >= 4 is 29.0 Å². The van der Waals surface area contributed by atoms with E-state index in [2.05, 4.69) is 10.4 Å². The standard InChI is InChI=1S/C17H8ClF5N4O3/c18-9-2-1-7(5-10(9)27(29)30)17(28)24-11-3-4-26(25-11)6-8-12(19)14(21)16(23)15(22)13(8)20/h1-5H,6H2,(H,24,25,28). The summed E-state index contributed by atoms with van der Waals surface area (Å²) in [5.41, 5.74) is -1.73. The van der Waals surface area contributed by atoms with Crippen LogP contribution in [0.2, 0.25) is 5.02 Å². The van der Waals surface area contributed by atoms with E-state index in [4.69, 9.17) is 11.6 Å². The molecule has 156 valence electrons. The Balaban J connectivity index is 1.81. The molecule has 1 heterocycles. The molecule has 0 spiro atoms. The summed E-state index contributed by atoms with van der Waals surface area (Å²) in [6.07, 6.45) is 1.12. The summed E-state index contributed by atoms with van der Waals surface area (Å²) in [6, 6.07) is 4.49. The Bertz CT molecular complexity index is 1160. The average Bonchev–Trinajstić information content (AvgIpc) is 3.15. The molecule has 30 heavy (non-hydrogen) atoms. The summed E-state index contributed by atoms with van der Waals surface area (Å²) in [6.45, 7) is -0.811. The summed E-state index contributed by atoms with van der Waals surface area (Å²) in [5.74, 6) is -11.4. The van der Waals surface area contributed by atoms with Crippen molar-refractivity contribution < 1.29 is 31.7 Å². The van der Waals surface area contributed by atoms with Gasteiger partial charge in [0.2, 0.25) is 5.82 Å². The minimum atomic E-state index is -2.28. The first-order chi connectivity index (χ1) is 14.1. The predicted molar refractivity (Wildman–Crippen MR) is 93.6 cm³/mol. The highest BCUT2D eigenvalue weighted by Gasteiger charge is 2.26. The molecule has 0 bridgehead atoms. The van der Waals surface area contributed by atoms with Crippen molar-refractivity contribution in [1.29, 1.82) is 0 Å². The molecular weight excluding hydrogens is 439 g/mol. The molecule has 0 unspecified atom stereocenters. The number of nitro groups is 1. The first-order valence-electron chi connectivity index (χ1n) is 7.89. The van der Waals surface area contributed by atoms with E-state index in [1.807, 2.05) is 0 Å². The van der Waals surface area contributed by atoms with Crippen molar-refractivity contribution in [3.05, 3.63) is 85.8 Å². The SMILES string of the molecule is O=C(Nc1ccn(Cc2c(F)c(F)c(F)c(F)c2F)n1)c1ccc(Cl)c([N+](=O)[O-])c1. The van der Waals surface area contributed by atoms with Crippen LogP contribution in [0.25, 0.3) is 0 Å². The van der Waals surface area contributed by atoms with Gasteiger partial charge in [0, 0.05) is 23.9 Å². The normalized spacial score (nSPS) is 10.9. The molecular formula is C17H8ClF5N4O3. The van der Waals surface area contributed by atoms with Gasteiger partial charge in [-0.15, -0.1) is 0 Å². The van der Waals surface area contributed by atoms with Crippen molar-refractivity contribution in [1.82, 2.24) is 9.78 Å². The van der Waals surface area contributed by atoms with Gasteiger partial charge in [0.1, 0.15) is 5.02 Å². The molecule has 1 amide bonds. The highest BCUT2D eigenvalue weighted by atomic mass is 35.5. The lowest BCUT2D eigenvalue weighted by Gasteiger charge is -2.08. The smallest absolute Gasteiger partial charge is 0.288 e. The number of nitrogens with one attached hydrogen (secondary N) is 1. The second-order valence-corrected chi connectivity index (χ2v) is 6.23. The highest BCUT2D eigenvalue weighted by molar-refractivity contribution is 6.32. The second-order valence-electron chi connectivity index (χ2n) is 5.82. The fourth-order valence-electron chi connectivity index (χ4n) is 2.45. The van der Waals surface area contributed by atoms with Gasteiger partial charge in [-0.2, -0.15) is 5.10 Å². The fraction of sp³-hybridized carbons (Fsp3) is 0.0588. The van der Waals surface area contributed by atoms with Crippen LogP contribution in [0.1, 0.15) is 15.9 Å². The van der Waals surface area contributed by atoms with Gasteiger partial charge in [-0.1, -0.05) is 11.6 Å². The minimum Gasteiger partial charge on any atom is -0.305 e. The van der Waals surface area contributed by atoms with Gasteiger partial charge in [-0.25, -0.2) is 22.0 Å². The first kappa shape index (κ1) is 21.2. The van der Waals surface area contributed by atoms with Gasteiger partial charge in [0.25, 0.3) is 11.6 Å². The van der Waals surface area contributed by atoms with Crippen molar-refractivity contribution in [2.45, 2.75) is 6.54 Å². The molecule has 7 nitrogen and oxygen atoms in total. The molecule has 13 heteroatoms. The number of rotatable bonds is 5. The van der Waals surface area contributed by atoms with Crippen LogP contribution in [0, 0.1) is 39.2 Å². The molecule has 0 fully saturated rings. The van der Waals surface area contributed by atoms with Crippen LogP contribution in [0.5, 0.6) is 0 Å². The molecule has 2 aromatic carbocycles. The van der Waals surface area contributed by atoms with Crippen molar-refractivity contribution in [3.63, 3.8) is 0 Å². The predicted octanol–water partition coefficient (Wildman–Crippen LogP) is 4.44. The summed E-state index contributed by atoms with van der Waals surface area (Å²) < 4.78 is 68.0. The Labute approximate surface area is 168 Å². The Morgan fingerprint density at radius 1 is 1.07 bits per heavy atom. The summed E-state index contributed by atoms with van der Waals surface area (Å²) in [7, 11) is 0. The number of halogens is 6. The molecule has 1 aromatic heterocycles. The third-order valence-electron chi connectivity index (χ3n) is 3.91. The Morgan fingerprint density at radius 3 is 2.27 bits per heavy atom. The van der Waals surface area contributed by atoms with Gasteiger partial charge in [-0.05, 0) is 12.1 Å². The maximum Gasteiger partial charge on any atom is 0.288 e. The molecule has 3 rings (SSSR count). The average molecular weight is 447 g/mol. The van der Waals surface area contributed by atoms with Crippen LogP contribution in [0.15, 0.2) is 30.5 Å². The fourth-order valence-corrected chi connectivity index (χ4v) is 2.64. The summed E-state index contributed by atoms with van der Waals surface area (Å²) in [5, 5.41) is 16.8. The largest absolute Gasteiger partial charge is 0.305 e. The molecule has 0 aliphatic rings. The topological polar surface area (TPSA) is 90.1 Å². The van der Waals surface area contributed by atoms with E-state index in [0.29, 0.717) is 0 Å². The highest BCUT2D eigenvalue weighted by Crippen LogP contribution is 2.26. The minimum absolute atomic E-state index is 0.125. The van der Waals surface area contributed by atoms with Gasteiger partial charge >= 0.3 is 0 Å². The third kappa shape index (κ3) is 3.94. The molecule has 0 saturated carbocycles. The van der Waals surface area contributed by atoms with Gasteiger partial charge in [0.05, 0.1) is 17.0 Å². The molecule has 1 N–H and O–H groups in total. The summed E-state index contributed by atoms with van der Waals surface area (Å²) in [4.78, 5) is 22.3. The van der Waals surface area contributed by atoms with Gasteiger partial charge in [0.15, 0.2) is 29.1 Å². The van der Waals surface area contributed by atoms with Crippen LogP contribution in [0.4, 0.5) is 33.5 Å². The quantitative estimate of drug-likeness (QED) is 0.206. The van der Waals surface area contributed by atoms with Crippen molar-refractivity contribution in [2.24, 2.45) is 0 Å². The van der Waals surface area contributed by atoms with E-state index >= 15 is 0 Å². The Morgan fingerprint density at radius 2 is 1.67 bits per heavy atom. The lowest BCUT2D eigenvalue weighted by atomic mass is 10.1. The first-order valence-corrected chi connectivity index (χ1v) is 8.27.